The Morgan fingerprint density at radius 3 is 2.25 bits per heavy atom. The van der Waals surface area contributed by atoms with E-state index in [1.807, 2.05) is 13.8 Å². The van der Waals surface area contributed by atoms with E-state index in [9.17, 15) is 4.79 Å². The van der Waals surface area contributed by atoms with Crippen molar-refractivity contribution in [2.75, 3.05) is 7.05 Å². The monoisotopic (exact) mass is 171 g/mol. The summed E-state index contributed by atoms with van der Waals surface area (Å²) in [7, 11) is 1.72. The molecule has 1 saturated carbocycles. The second-order valence-corrected chi connectivity index (χ2v) is 3.13. The van der Waals surface area contributed by atoms with Gasteiger partial charge in [0.2, 0.25) is 5.91 Å². The minimum Gasteiger partial charge on any atom is -0.359 e. The molecule has 2 unspecified atom stereocenters. The number of rotatable bonds is 1. The second-order valence-electron chi connectivity index (χ2n) is 3.13. The Balaban J connectivity index is 0.000000561. The standard InChI is InChI=1S/C8H15NO.C2H6/c1-6-4-3-5-7(6)8(10)9-2;1-2/h6-7H,3-5H2,1-2H3,(H,9,10);1-2H3. The molecule has 0 aromatic heterocycles. The van der Waals surface area contributed by atoms with Crippen molar-refractivity contribution in [2.45, 2.75) is 40.0 Å². The maximum Gasteiger partial charge on any atom is 0.223 e. The Hall–Kier alpha value is -0.530. The van der Waals surface area contributed by atoms with Crippen molar-refractivity contribution in [1.29, 1.82) is 0 Å². The lowest BCUT2D eigenvalue weighted by molar-refractivity contribution is -0.125. The SMILES string of the molecule is CC.CNC(=O)C1CCCC1C. The molecule has 12 heavy (non-hydrogen) atoms. The number of carbonyl (C=O) groups excluding carboxylic acids is 1. The summed E-state index contributed by atoms with van der Waals surface area (Å²) in [5.41, 5.74) is 0. The lowest BCUT2D eigenvalue weighted by Gasteiger charge is -2.12. The zero-order valence-corrected chi connectivity index (χ0v) is 8.68. The molecule has 0 aromatic rings. The Bertz CT molecular complexity index is 134. The summed E-state index contributed by atoms with van der Waals surface area (Å²) in [6, 6.07) is 0. The highest BCUT2D eigenvalue weighted by Crippen LogP contribution is 2.30. The van der Waals surface area contributed by atoms with Crippen LogP contribution in [-0.4, -0.2) is 13.0 Å². The van der Waals surface area contributed by atoms with Gasteiger partial charge in [-0.2, -0.15) is 0 Å². The van der Waals surface area contributed by atoms with Crippen molar-refractivity contribution in [1.82, 2.24) is 5.32 Å². The van der Waals surface area contributed by atoms with Gasteiger partial charge in [-0.1, -0.05) is 27.2 Å². The van der Waals surface area contributed by atoms with Gasteiger partial charge in [0, 0.05) is 13.0 Å². The Kier molecular flexibility index (Phi) is 5.77. The first kappa shape index (κ1) is 11.5. The highest BCUT2D eigenvalue weighted by Gasteiger charge is 2.28. The van der Waals surface area contributed by atoms with E-state index in [2.05, 4.69) is 12.2 Å². The molecule has 0 aliphatic heterocycles. The molecule has 2 atom stereocenters. The normalized spacial score (nSPS) is 27.3. The molecule has 0 radical (unpaired) electrons. The van der Waals surface area contributed by atoms with Gasteiger partial charge in [-0.15, -0.1) is 0 Å². The first-order valence-electron chi connectivity index (χ1n) is 4.97. The van der Waals surface area contributed by atoms with Crippen molar-refractivity contribution in [3.05, 3.63) is 0 Å². The van der Waals surface area contributed by atoms with Crippen LogP contribution in [0.5, 0.6) is 0 Å². The Labute approximate surface area is 75.7 Å². The van der Waals surface area contributed by atoms with E-state index in [0.717, 1.165) is 6.42 Å². The highest BCUT2D eigenvalue weighted by atomic mass is 16.1. The van der Waals surface area contributed by atoms with Crippen LogP contribution < -0.4 is 5.32 Å². The molecule has 0 spiro atoms. The van der Waals surface area contributed by atoms with Gasteiger partial charge in [-0.25, -0.2) is 0 Å². The quantitative estimate of drug-likeness (QED) is 0.644. The molecule has 1 rings (SSSR count). The smallest absolute Gasteiger partial charge is 0.223 e. The summed E-state index contributed by atoms with van der Waals surface area (Å²) in [6.45, 7) is 6.16. The van der Waals surface area contributed by atoms with Gasteiger partial charge in [-0.05, 0) is 18.8 Å². The number of hydrogen-bond donors (Lipinski definition) is 1. The molecule has 2 nitrogen and oxygen atoms in total. The molecular weight excluding hydrogens is 150 g/mol. The van der Waals surface area contributed by atoms with Gasteiger partial charge in [0.05, 0.1) is 0 Å². The number of nitrogens with one attached hydrogen (secondary N) is 1. The van der Waals surface area contributed by atoms with Crippen molar-refractivity contribution in [3.63, 3.8) is 0 Å². The van der Waals surface area contributed by atoms with Crippen LogP contribution in [0.3, 0.4) is 0 Å². The van der Waals surface area contributed by atoms with E-state index >= 15 is 0 Å². The van der Waals surface area contributed by atoms with Crippen LogP contribution in [-0.2, 0) is 4.79 Å². The fraction of sp³-hybridized carbons (Fsp3) is 0.900. The number of carbonyl (C=O) groups is 1. The van der Waals surface area contributed by atoms with Crippen LogP contribution in [0.4, 0.5) is 0 Å². The van der Waals surface area contributed by atoms with E-state index in [0.29, 0.717) is 11.8 Å². The minimum atomic E-state index is 0.227. The molecule has 2 heteroatoms. The zero-order valence-electron chi connectivity index (χ0n) is 8.68. The maximum absolute atomic E-state index is 11.1. The van der Waals surface area contributed by atoms with Crippen LogP contribution in [0.15, 0.2) is 0 Å². The van der Waals surface area contributed by atoms with Crippen LogP contribution >= 0.6 is 0 Å². The number of amides is 1. The summed E-state index contributed by atoms with van der Waals surface area (Å²) < 4.78 is 0. The lowest BCUT2D eigenvalue weighted by atomic mass is 9.97. The third kappa shape index (κ3) is 2.84. The first-order valence-corrected chi connectivity index (χ1v) is 4.97. The lowest BCUT2D eigenvalue weighted by Crippen LogP contribution is -2.28. The van der Waals surface area contributed by atoms with E-state index < -0.39 is 0 Å². The average molecular weight is 171 g/mol. The molecule has 1 amide bonds. The van der Waals surface area contributed by atoms with Gasteiger partial charge in [0.25, 0.3) is 0 Å². The number of hydrogen-bond acceptors (Lipinski definition) is 1. The molecule has 0 heterocycles. The Morgan fingerprint density at radius 2 is 1.92 bits per heavy atom. The van der Waals surface area contributed by atoms with Crippen molar-refractivity contribution in [2.24, 2.45) is 11.8 Å². The molecule has 1 aliphatic rings. The van der Waals surface area contributed by atoms with Gasteiger partial charge >= 0.3 is 0 Å². The third-order valence-corrected chi connectivity index (χ3v) is 2.44. The third-order valence-electron chi connectivity index (χ3n) is 2.44. The van der Waals surface area contributed by atoms with E-state index in [1.54, 1.807) is 7.05 Å². The summed E-state index contributed by atoms with van der Waals surface area (Å²) in [6.07, 6.45) is 3.53. The van der Waals surface area contributed by atoms with Crippen LogP contribution in [0.1, 0.15) is 40.0 Å². The second kappa shape index (κ2) is 6.04. The van der Waals surface area contributed by atoms with Gasteiger partial charge in [0.1, 0.15) is 0 Å². The molecule has 1 N–H and O–H groups in total. The zero-order chi connectivity index (χ0) is 9.56. The van der Waals surface area contributed by atoms with E-state index in [1.165, 1.54) is 12.8 Å². The van der Waals surface area contributed by atoms with Gasteiger partial charge in [0.15, 0.2) is 0 Å². The molecule has 0 bridgehead atoms. The fourth-order valence-electron chi connectivity index (χ4n) is 1.72. The topological polar surface area (TPSA) is 29.1 Å². The largest absolute Gasteiger partial charge is 0.359 e. The predicted octanol–water partition coefficient (Wildman–Crippen LogP) is 2.19. The Morgan fingerprint density at radius 1 is 1.33 bits per heavy atom. The van der Waals surface area contributed by atoms with Crippen molar-refractivity contribution in [3.8, 4) is 0 Å². The van der Waals surface area contributed by atoms with E-state index in [-0.39, 0.29) is 5.91 Å². The molecule has 72 valence electrons. The van der Waals surface area contributed by atoms with E-state index in [4.69, 9.17) is 0 Å². The summed E-state index contributed by atoms with van der Waals surface area (Å²) >= 11 is 0. The van der Waals surface area contributed by atoms with Crippen LogP contribution in [0.2, 0.25) is 0 Å². The summed E-state index contributed by atoms with van der Waals surface area (Å²) in [5.74, 6) is 1.12. The molecule has 1 aliphatic carbocycles. The molecule has 0 saturated heterocycles. The molecule has 0 aromatic carbocycles. The van der Waals surface area contributed by atoms with Crippen LogP contribution in [0.25, 0.3) is 0 Å². The van der Waals surface area contributed by atoms with Gasteiger partial charge in [-0.3, -0.25) is 4.79 Å². The summed E-state index contributed by atoms with van der Waals surface area (Å²) in [4.78, 5) is 11.1. The fourth-order valence-corrected chi connectivity index (χ4v) is 1.72. The maximum atomic E-state index is 11.1. The first-order chi connectivity index (χ1) is 5.75. The predicted molar refractivity (Wildman–Crippen MR) is 51.9 cm³/mol. The average Bonchev–Trinajstić information content (AvgIpc) is 2.54. The van der Waals surface area contributed by atoms with Crippen molar-refractivity contribution < 1.29 is 4.79 Å². The summed E-state index contributed by atoms with van der Waals surface area (Å²) in [5, 5.41) is 2.70. The van der Waals surface area contributed by atoms with Crippen molar-refractivity contribution >= 4 is 5.91 Å². The van der Waals surface area contributed by atoms with Gasteiger partial charge < -0.3 is 5.32 Å². The van der Waals surface area contributed by atoms with Crippen LogP contribution in [0, 0.1) is 11.8 Å². The highest BCUT2D eigenvalue weighted by molar-refractivity contribution is 5.78. The minimum absolute atomic E-state index is 0.227. The molecule has 1 fully saturated rings. The molecular formula is C10H21NO.